The van der Waals surface area contributed by atoms with Gasteiger partial charge >= 0.3 is 17.1 Å². The Balaban J connectivity index is 0.000000230. The molecule has 1 radical (unpaired) electrons. The number of aliphatic imine (C=N–C) groups is 1. The van der Waals surface area contributed by atoms with Crippen molar-refractivity contribution in [3.63, 3.8) is 0 Å². The van der Waals surface area contributed by atoms with Crippen LogP contribution in [0.25, 0.3) is 5.43 Å². The smallest absolute Gasteiger partial charge is 0.491 e. The van der Waals surface area contributed by atoms with E-state index < -0.39 is 15.8 Å². The summed E-state index contributed by atoms with van der Waals surface area (Å²) in [6.45, 7) is 0. The molecular formula is C50H41CuN3OP2+2. The molecular weight excluding hydrogens is 784 g/mol. The molecule has 1 heterocycles. The third-order valence-electron chi connectivity index (χ3n) is 9.39. The van der Waals surface area contributed by atoms with Crippen molar-refractivity contribution in [3.05, 3.63) is 247 Å². The quantitative estimate of drug-likeness (QED) is 0.0850. The Labute approximate surface area is 348 Å². The fourth-order valence-electron chi connectivity index (χ4n) is 6.77. The maximum atomic E-state index is 6.94. The predicted octanol–water partition coefficient (Wildman–Crippen LogP) is 9.28. The molecule has 1 aliphatic heterocycles. The number of rotatable bonds is 10. The van der Waals surface area contributed by atoms with Crippen LogP contribution in [-0.4, -0.2) is 5.84 Å². The molecule has 4 nitrogen and oxygen atoms in total. The number of nitrogens with one attached hydrogen (secondary N) is 1. The molecule has 1 aliphatic rings. The van der Waals surface area contributed by atoms with Gasteiger partial charge in [-0.05, 0) is 78.4 Å². The average molecular weight is 825 g/mol. The van der Waals surface area contributed by atoms with Gasteiger partial charge in [-0.25, -0.2) is 0 Å². The summed E-state index contributed by atoms with van der Waals surface area (Å²) in [6.07, 6.45) is -0.0835. The van der Waals surface area contributed by atoms with Gasteiger partial charge in [-0.1, -0.05) is 127 Å². The largest absolute Gasteiger partial charge is 2.00 e. The summed E-state index contributed by atoms with van der Waals surface area (Å²) in [6, 6.07) is 81.5. The van der Waals surface area contributed by atoms with Crippen LogP contribution in [0.4, 0.5) is 0 Å². The SMILES string of the molecule is [Cu+2].[c-]1ccccc1C1=NC(c2ccccc2)N[N-]1.c1ccc([PH+](c2ccccc2)c2ccccc2Oc2ccccc2[PH+](c2ccccc2)c2ccccc2)cc1. The molecule has 1 N–H and O–H groups in total. The second kappa shape index (κ2) is 20.0. The van der Waals surface area contributed by atoms with E-state index in [4.69, 9.17) is 4.74 Å². The van der Waals surface area contributed by atoms with Crippen LogP contribution < -0.4 is 42.0 Å². The van der Waals surface area contributed by atoms with Gasteiger partial charge in [-0.2, -0.15) is 5.56 Å². The topological polar surface area (TPSA) is 47.7 Å². The van der Waals surface area contributed by atoms with Crippen molar-refractivity contribution in [2.75, 3.05) is 0 Å². The molecule has 0 spiro atoms. The zero-order valence-electron chi connectivity index (χ0n) is 31.0. The van der Waals surface area contributed by atoms with E-state index in [1.165, 1.54) is 31.8 Å². The number of benzene rings is 8. The van der Waals surface area contributed by atoms with Gasteiger partial charge < -0.3 is 20.6 Å². The minimum Gasteiger partial charge on any atom is -0.491 e. The van der Waals surface area contributed by atoms with E-state index in [1.807, 2.05) is 54.6 Å². The molecule has 0 aromatic heterocycles. The first-order valence-corrected chi connectivity index (χ1v) is 21.7. The normalized spacial score (nSPS) is 13.1. The van der Waals surface area contributed by atoms with Crippen LogP contribution in [0.3, 0.4) is 0 Å². The minimum absolute atomic E-state index is 0. The monoisotopic (exact) mass is 824 g/mol. The predicted molar refractivity (Wildman–Crippen MR) is 241 cm³/mol. The van der Waals surface area contributed by atoms with Gasteiger partial charge in [0.05, 0.1) is 0 Å². The van der Waals surface area contributed by atoms with Gasteiger partial charge in [-0.3, -0.25) is 0 Å². The first kappa shape index (κ1) is 39.6. The molecule has 8 aromatic carbocycles. The average Bonchev–Trinajstić information content (AvgIpc) is 3.78. The molecule has 0 aliphatic carbocycles. The fourth-order valence-corrected chi connectivity index (χ4v) is 12.1. The Kier molecular flexibility index (Phi) is 13.9. The van der Waals surface area contributed by atoms with Crippen molar-refractivity contribution in [2.24, 2.45) is 4.99 Å². The molecule has 0 saturated carbocycles. The molecule has 281 valence electrons. The van der Waals surface area contributed by atoms with E-state index in [-0.39, 0.29) is 23.2 Å². The molecule has 57 heavy (non-hydrogen) atoms. The minimum atomic E-state index is -1.28. The Morgan fingerprint density at radius 3 is 1.26 bits per heavy atom. The van der Waals surface area contributed by atoms with E-state index >= 15 is 0 Å². The van der Waals surface area contributed by atoms with Gasteiger partial charge in [-0.15, -0.1) is 36.2 Å². The van der Waals surface area contributed by atoms with Crippen LogP contribution in [0, 0.1) is 6.07 Å². The molecule has 0 saturated heterocycles. The zero-order valence-corrected chi connectivity index (χ0v) is 34.0. The standard InChI is InChI=1S/C36H28OP2.C14H11N3.Cu/c1-5-17-29(18-6-1)38(30-19-7-2-8-20-30)35-27-15-13-25-33(35)37-34-26-14-16-28-36(34)39(31-21-9-3-10-22-31)32-23-11-4-12-24-32;1-3-7-11(8-4-1)13-15-14(17-16-13)12-9-5-2-6-10-12;/h1-28H;1-9,13,16H;/q;-2;+2/p+2. The maximum Gasteiger partial charge on any atom is 2.00 e. The summed E-state index contributed by atoms with van der Waals surface area (Å²) in [5, 5.41) is 7.88. The van der Waals surface area contributed by atoms with Crippen molar-refractivity contribution in [1.29, 1.82) is 0 Å². The Morgan fingerprint density at radius 1 is 0.456 bits per heavy atom. The molecule has 7 heteroatoms. The molecule has 1 atom stereocenters. The summed E-state index contributed by atoms with van der Waals surface area (Å²) < 4.78 is 6.94. The molecule has 1 unspecified atom stereocenters. The van der Waals surface area contributed by atoms with E-state index in [0.29, 0.717) is 5.84 Å². The van der Waals surface area contributed by atoms with Gasteiger partial charge in [0.25, 0.3) is 0 Å². The molecule has 0 bridgehead atoms. The van der Waals surface area contributed by atoms with Crippen molar-refractivity contribution in [1.82, 2.24) is 5.43 Å². The van der Waals surface area contributed by atoms with Crippen LogP contribution >= 0.6 is 15.8 Å². The van der Waals surface area contributed by atoms with Crippen molar-refractivity contribution >= 4 is 53.5 Å². The number of ether oxygens (including phenoxy) is 1. The number of hydrogen-bond acceptors (Lipinski definition) is 3. The van der Waals surface area contributed by atoms with Gasteiger partial charge in [0, 0.05) is 6.17 Å². The first-order valence-electron chi connectivity index (χ1n) is 18.7. The number of amidine groups is 1. The van der Waals surface area contributed by atoms with E-state index in [9.17, 15) is 0 Å². The van der Waals surface area contributed by atoms with E-state index in [2.05, 4.69) is 192 Å². The molecule has 0 fully saturated rings. The van der Waals surface area contributed by atoms with Gasteiger partial charge in [0.1, 0.15) is 47.7 Å². The summed E-state index contributed by atoms with van der Waals surface area (Å²) >= 11 is 0. The number of nitrogens with zero attached hydrogens (tertiary/aromatic N) is 2. The Bertz CT molecular complexity index is 2260. The summed E-state index contributed by atoms with van der Waals surface area (Å²) in [5.41, 5.74) is 9.28. The molecule has 8 aromatic rings. The first-order chi connectivity index (χ1) is 27.8. The maximum absolute atomic E-state index is 6.94. The van der Waals surface area contributed by atoms with Gasteiger partial charge in [0.2, 0.25) is 0 Å². The van der Waals surface area contributed by atoms with Crippen molar-refractivity contribution < 1.29 is 21.8 Å². The fraction of sp³-hybridized carbons (Fsp3) is 0.0200. The second-order valence-corrected chi connectivity index (χ2v) is 18.0. The van der Waals surface area contributed by atoms with E-state index in [1.54, 1.807) is 0 Å². The Morgan fingerprint density at radius 2 is 0.842 bits per heavy atom. The second-order valence-electron chi connectivity index (χ2n) is 13.1. The third-order valence-corrected chi connectivity index (χ3v) is 14.9. The van der Waals surface area contributed by atoms with Crippen LogP contribution in [0.15, 0.2) is 229 Å². The number of hydrogen-bond donors (Lipinski definition) is 1. The summed E-state index contributed by atoms with van der Waals surface area (Å²) in [7, 11) is -2.56. The summed E-state index contributed by atoms with van der Waals surface area (Å²) in [5.74, 6) is 2.56. The van der Waals surface area contributed by atoms with Crippen LogP contribution in [0.2, 0.25) is 0 Å². The van der Waals surface area contributed by atoms with Crippen molar-refractivity contribution in [2.45, 2.75) is 6.17 Å². The molecule has 0 amide bonds. The molecule has 9 rings (SSSR count). The van der Waals surface area contributed by atoms with Crippen LogP contribution in [0.1, 0.15) is 17.3 Å². The van der Waals surface area contributed by atoms with E-state index in [0.717, 1.165) is 22.6 Å². The number of para-hydroxylation sites is 2. The van der Waals surface area contributed by atoms with Gasteiger partial charge in [0.15, 0.2) is 11.5 Å². The van der Waals surface area contributed by atoms with Crippen LogP contribution in [0.5, 0.6) is 11.5 Å². The van der Waals surface area contributed by atoms with Crippen molar-refractivity contribution in [3.8, 4) is 11.5 Å². The third kappa shape index (κ3) is 9.85. The zero-order chi connectivity index (χ0) is 37.8. The van der Waals surface area contributed by atoms with Crippen LogP contribution in [-0.2, 0) is 17.1 Å². The Hall–Kier alpha value is -5.63. The summed E-state index contributed by atoms with van der Waals surface area (Å²) in [4.78, 5) is 4.54.